The summed E-state index contributed by atoms with van der Waals surface area (Å²) in [6, 6.07) is 31.0. The Balaban J connectivity index is 0.000000230. The van der Waals surface area contributed by atoms with E-state index in [2.05, 4.69) is 128 Å². The molecule has 0 atom stereocenters. The predicted molar refractivity (Wildman–Crippen MR) is 244 cm³/mol. The van der Waals surface area contributed by atoms with Crippen molar-refractivity contribution in [1.29, 1.82) is 0 Å². The molecule has 1 N–H and O–H groups in total. The monoisotopic (exact) mass is 814 g/mol. The van der Waals surface area contributed by atoms with Crippen molar-refractivity contribution in [3.05, 3.63) is 118 Å². The van der Waals surface area contributed by atoms with Gasteiger partial charge in [0, 0.05) is 31.6 Å². The van der Waals surface area contributed by atoms with Crippen molar-refractivity contribution in [2.45, 2.75) is 150 Å². The lowest BCUT2D eigenvalue weighted by Gasteiger charge is -2.33. The first-order chi connectivity index (χ1) is 28.8. The zero-order chi connectivity index (χ0) is 43.9. The lowest BCUT2D eigenvalue weighted by atomic mass is 9.70. The molecule has 2 aliphatic rings. The first kappa shape index (κ1) is 47.3. The largest absolute Gasteiger partial charge is 0.411 e. The lowest BCUT2D eigenvalue weighted by molar-refractivity contribution is -0.156. The molecule has 320 valence electrons. The van der Waals surface area contributed by atoms with Gasteiger partial charge in [-0.15, -0.1) is 0 Å². The molecule has 0 radical (unpaired) electrons. The van der Waals surface area contributed by atoms with Crippen LogP contribution >= 0.6 is 0 Å². The van der Waals surface area contributed by atoms with Crippen molar-refractivity contribution in [3.8, 4) is 22.3 Å². The molecule has 0 aliphatic heterocycles. The summed E-state index contributed by atoms with van der Waals surface area (Å²) in [6.45, 7) is 16.6. The number of hydrogen-bond acceptors (Lipinski definition) is 8. The number of rotatable bonds is 15. The summed E-state index contributed by atoms with van der Waals surface area (Å²) in [7, 11) is 0. The summed E-state index contributed by atoms with van der Waals surface area (Å²) < 4.78 is 3.97. The Morgan fingerprint density at radius 1 is 0.500 bits per heavy atom. The number of nitrogens with zero attached hydrogens (tertiary/aromatic N) is 2. The standard InChI is InChI=1S/C25H31NO2.C23H29NO.C4H6O3/c1-5-7-15-25(16-8-6-2)23-12-10-9-11-21(23)22-14-13-20(17-24(22)25)18(3)26-28-19(4)27;1-4-6-14-23(15-7-5-2)21-11-9-8-10-19(21)20-13-12-18(16-22(20)23)17(3)24-25;1-3(5)7-4(2)6/h9-14,17H,5-8,15-16H2,1-4H3;8-13,16,25H,4-7,14-15H2,1-3H3;1-2H3/b26-18+;24-17+;. The highest BCUT2D eigenvalue weighted by Gasteiger charge is 2.43. The molecule has 0 fully saturated rings. The van der Waals surface area contributed by atoms with Crippen molar-refractivity contribution < 1.29 is 29.2 Å². The SMILES string of the molecule is CC(=O)OC(C)=O.CCCCC1(CCCC)c2ccccc2-c2ccc(/C(C)=N/O)cc21.CCCCC1(CCCC)c2ccccc2-c2ccc(/C(C)=N/OC(C)=O)cc21. The maximum atomic E-state index is 11.1. The third-order valence-corrected chi connectivity index (χ3v) is 11.9. The highest BCUT2D eigenvalue weighted by atomic mass is 16.7. The fourth-order valence-electron chi connectivity index (χ4n) is 9.05. The molecule has 0 spiro atoms. The fourth-order valence-corrected chi connectivity index (χ4v) is 9.05. The first-order valence-electron chi connectivity index (χ1n) is 21.9. The Morgan fingerprint density at radius 3 is 1.20 bits per heavy atom. The molecule has 0 bridgehead atoms. The van der Waals surface area contributed by atoms with E-state index in [0.717, 1.165) is 29.7 Å². The second-order valence-corrected chi connectivity index (χ2v) is 16.2. The Morgan fingerprint density at radius 2 is 0.867 bits per heavy atom. The second-order valence-electron chi connectivity index (χ2n) is 16.2. The summed E-state index contributed by atoms with van der Waals surface area (Å²) in [6.07, 6.45) is 14.4. The van der Waals surface area contributed by atoms with Crippen molar-refractivity contribution in [3.63, 3.8) is 0 Å². The van der Waals surface area contributed by atoms with E-state index in [1.165, 1.54) is 129 Å². The Kier molecular flexibility index (Phi) is 17.6. The number of oxime groups is 2. The molecule has 4 aromatic rings. The van der Waals surface area contributed by atoms with Crippen LogP contribution in [-0.4, -0.2) is 34.5 Å². The molecular weight excluding hydrogens is 749 g/mol. The number of carbonyl (C=O) groups is 3. The van der Waals surface area contributed by atoms with Crippen LogP contribution in [0.5, 0.6) is 0 Å². The Labute approximate surface area is 358 Å². The van der Waals surface area contributed by atoms with Crippen LogP contribution in [0.2, 0.25) is 0 Å². The molecule has 0 aromatic heterocycles. The van der Waals surface area contributed by atoms with E-state index in [0.29, 0.717) is 5.71 Å². The van der Waals surface area contributed by atoms with Crippen LogP contribution in [0.3, 0.4) is 0 Å². The van der Waals surface area contributed by atoms with Gasteiger partial charge in [-0.05, 0) is 107 Å². The third-order valence-electron chi connectivity index (χ3n) is 11.9. The van der Waals surface area contributed by atoms with Crippen molar-refractivity contribution in [2.75, 3.05) is 0 Å². The van der Waals surface area contributed by atoms with Crippen LogP contribution in [0, 0.1) is 0 Å². The van der Waals surface area contributed by atoms with E-state index in [-0.39, 0.29) is 10.8 Å². The maximum Gasteiger partial charge on any atom is 0.331 e. The molecule has 4 aromatic carbocycles. The lowest BCUT2D eigenvalue weighted by Crippen LogP contribution is -2.25. The van der Waals surface area contributed by atoms with Crippen LogP contribution in [0.25, 0.3) is 22.3 Å². The molecule has 0 saturated heterocycles. The fraction of sp³-hybridized carbons (Fsp3) is 0.442. The van der Waals surface area contributed by atoms with E-state index >= 15 is 0 Å². The number of unbranched alkanes of at least 4 members (excludes halogenated alkanes) is 4. The van der Waals surface area contributed by atoms with E-state index in [9.17, 15) is 19.6 Å². The van der Waals surface area contributed by atoms with Gasteiger partial charge in [0.1, 0.15) is 0 Å². The summed E-state index contributed by atoms with van der Waals surface area (Å²) >= 11 is 0. The number of carbonyl (C=O) groups excluding carboxylic acids is 3. The highest BCUT2D eigenvalue weighted by molar-refractivity contribution is 6.00. The molecule has 0 heterocycles. The van der Waals surface area contributed by atoms with Crippen molar-refractivity contribution in [1.82, 2.24) is 0 Å². The predicted octanol–water partition coefficient (Wildman–Crippen LogP) is 13.2. The number of hydrogen-bond donors (Lipinski definition) is 1. The minimum Gasteiger partial charge on any atom is -0.411 e. The minimum atomic E-state index is -0.562. The van der Waals surface area contributed by atoms with Gasteiger partial charge in [0.05, 0.1) is 11.4 Å². The van der Waals surface area contributed by atoms with Crippen LogP contribution in [0.1, 0.15) is 173 Å². The van der Waals surface area contributed by atoms with Gasteiger partial charge in [0.2, 0.25) is 0 Å². The summed E-state index contributed by atoms with van der Waals surface area (Å²) in [5, 5.41) is 16.6. The Bertz CT molecular complexity index is 2140. The summed E-state index contributed by atoms with van der Waals surface area (Å²) in [5.74, 6) is -1.52. The average molecular weight is 815 g/mol. The van der Waals surface area contributed by atoms with Gasteiger partial charge in [-0.2, -0.15) is 0 Å². The minimum absolute atomic E-state index is 0.0651. The van der Waals surface area contributed by atoms with Crippen molar-refractivity contribution in [2.24, 2.45) is 10.3 Å². The van der Waals surface area contributed by atoms with E-state index < -0.39 is 17.9 Å². The third kappa shape index (κ3) is 10.9. The molecule has 8 heteroatoms. The molecule has 8 nitrogen and oxygen atoms in total. The van der Waals surface area contributed by atoms with Gasteiger partial charge in [0.25, 0.3) is 0 Å². The van der Waals surface area contributed by atoms with Gasteiger partial charge in [-0.1, -0.05) is 162 Å². The number of esters is 2. The molecule has 0 amide bonds. The second kappa shape index (κ2) is 22.3. The zero-order valence-electron chi connectivity index (χ0n) is 37.5. The van der Waals surface area contributed by atoms with Gasteiger partial charge in [-0.3, -0.25) is 9.59 Å². The maximum absolute atomic E-state index is 11.1. The van der Waals surface area contributed by atoms with E-state index in [1.807, 2.05) is 13.8 Å². The van der Waals surface area contributed by atoms with Crippen LogP contribution < -0.4 is 0 Å². The van der Waals surface area contributed by atoms with Gasteiger partial charge >= 0.3 is 17.9 Å². The molecule has 0 saturated carbocycles. The first-order valence-corrected chi connectivity index (χ1v) is 21.9. The average Bonchev–Trinajstić information content (AvgIpc) is 3.68. The number of benzene rings is 4. The number of fused-ring (bicyclic) bond motifs is 6. The quantitative estimate of drug-likeness (QED) is 0.0319. The summed E-state index contributed by atoms with van der Waals surface area (Å²) in [4.78, 5) is 35.6. The van der Waals surface area contributed by atoms with Crippen LogP contribution in [-0.2, 0) is 34.8 Å². The smallest absolute Gasteiger partial charge is 0.331 e. The van der Waals surface area contributed by atoms with Crippen LogP contribution in [0.15, 0.2) is 95.2 Å². The highest BCUT2D eigenvalue weighted by Crippen LogP contribution is 2.55. The summed E-state index contributed by atoms with van der Waals surface area (Å²) in [5.41, 5.74) is 14.9. The Hall–Kier alpha value is -5.37. The van der Waals surface area contributed by atoms with Crippen molar-refractivity contribution >= 4 is 29.3 Å². The normalized spacial score (nSPS) is 13.9. The van der Waals surface area contributed by atoms with Gasteiger partial charge < -0.3 is 14.8 Å². The molecule has 6 rings (SSSR count). The van der Waals surface area contributed by atoms with Gasteiger partial charge in [-0.25, -0.2) is 4.79 Å². The van der Waals surface area contributed by atoms with Gasteiger partial charge in [0.15, 0.2) is 0 Å². The zero-order valence-corrected chi connectivity index (χ0v) is 37.5. The molecule has 2 aliphatic carbocycles. The topological polar surface area (TPSA) is 115 Å². The van der Waals surface area contributed by atoms with Crippen LogP contribution in [0.4, 0.5) is 0 Å². The van der Waals surface area contributed by atoms with E-state index in [4.69, 9.17) is 4.84 Å². The molecule has 0 unspecified atom stereocenters. The number of ether oxygens (including phenoxy) is 1. The molecule has 60 heavy (non-hydrogen) atoms. The molecular formula is C52H66N2O6. The van der Waals surface area contributed by atoms with E-state index in [1.54, 1.807) is 0 Å².